The number of aliphatic hydroxyl groups excluding tert-OH is 1. The van der Waals surface area contributed by atoms with Gasteiger partial charge in [0.25, 0.3) is 0 Å². The van der Waals surface area contributed by atoms with Gasteiger partial charge in [0.1, 0.15) is 10.5 Å². The van der Waals surface area contributed by atoms with Gasteiger partial charge >= 0.3 is 0 Å². The minimum absolute atomic E-state index is 0.0484. The van der Waals surface area contributed by atoms with Crippen molar-refractivity contribution in [1.82, 2.24) is 19.5 Å². The molecule has 0 spiro atoms. The molecule has 0 bridgehead atoms. The van der Waals surface area contributed by atoms with Gasteiger partial charge in [0.15, 0.2) is 5.65 Å². The van der Waals surface area contributed by atoms with Gasteiger partial charge in [0, 0.05) is 6.54 Å². The number of fused-ring (bicyclic) bond motifs is 1. The van der Waals surface area contributed by atoms with Gasteiger partial charge in [-0.1, -0.05) is 6.92 Å². The van der Waals surface area contributed by atoms with Crippen LogP contribution in [0.3, 0.4) is 0 Å². The summed E-state index contributed by atoms with van der Waals surface area (Å²) in [4.78, 5) is 12.7. The Morgan fingerprint density at radius 1 is 1.47 bits per heavy atom. The first-order valence-corrected chi connectivity index (χ1v) is 6.46. The number of aliphatic hydroxyl groups is 1. The van der Waals surface area contributed by atoms with Gasteiger partial charge in [0.05, 0.1) is 12.9 Å². The first kappa shape index (κ1) is 12.1. The van der Waals surface area contributed by atoms with E-state index in [0.29, 0.717) is 12.2 Å². The lowest BCUT2D eigenvalue weighted by molar-refractivity contribution is 0.277. The third-order valence-corrected chi connectivity index (χ3v) is 3.40. The highest BCUT2D eigenvalue weighted by atomic mass is 32.2. The molecule has 2 heterocycles. The molecule has 0 fully saturated rings. The molecule has 0 amide bonds. The molecule has 17 heavy (non-hydrogen) atoms. The van der Waals surface area contributed by atoms with Crippen LogP contribution in [0.25, 0.3) is 11.2 Å². The lowest BCUT2D eigenvalue weighted by Crippen LogP contribution is -2.04. The van der Waals surface area contributed by atoms with Crippen molar-refractivity contribution in [2.75, 3.05) is 18.1 Å². The van der Waals surface area contributed by atoms with Crippen molar-refractivity contribution >= 4 is 28.9 Å². The molecule has 0 radical (unpaired) electrons. The van der Waals surface area contributed by atoms with Crippen LogP contribution < -0.4 is 5.73 Å². The van der Waals surface area contributed by atoms with Crippen LogP contribution in [-0.2, 0) is 6.54 Å². The molecule has 0 atom stereocenters. The molecule has 0 aromatic carbocycles. The summed E-state index contributed by atoms with van der Waals surface area (Å²) in [6, 6.07) is 0. The molecular weight excluding hydrogens is 238 g/mol. The quantitative estimate of drug-likeness (QED) is 0.608. The van der Waals surface area contributed by atoms with Crippen LogP contribution in [0.1, 0.15) is 13.3 Å². The van der Waals surface area contributed by atoms with E-state index in [-0.39, 0.29) is 12.6 Å². The highest BCUT2D eigenvalue weighted by Gasteiger charge is 2.11. The fraction of sp³-hybridized carbons (Fsp3) is 0.500. The molecule has 0 unspecified atom stereocenters. The smallest absolute Gasteiger partial charge is 0.223 e. The number of hydrogen-bond acceptors (Lipinski definition) is 6. The van der Waals surface area contributed by atoms with Gasteiger partial charge < -0.3 is 15.4 Å². The fourth-order valence-corrected chi connectivity index (χ4v) is 2.34. The summed E-state index contributed by atoms with van der Waals surface area (Å²) >= 11 is 1.63. The van der Waals surface area contributed by atoms with E-state index in [4.69, 9.17) is 10.8 Å². The van der Waals surface area contributed by atoms with Crippen LogP contribution in [0.2, 0.25) is 0 Å². The molecule has 2 aromatic heterocycles. The second-order valence-corrected chi connectivity index (χ2v) is 4.65. The Kier molecular flexibility index (Phi) is 3.80. The van der Waals surface area contributed by atoms with Crippen molar-refractivity contribution in [2.45, 2.75) is 24.9 Å². The van der Waals surface area contributed by atoms with E-state index < -0.39 is 0 Å². The summed E-state index contributed by atoms with van der Waals surface area (Å²) in [6.45, 7) is 2.62. The van der Waals surface area contributed by atoms with Crippen LogP contribution in [0.4, 0.5) is 5.95 Å². The van der Waals surface area contributed by atoms with Crippen LogP contribution in [0, 0.1) is 0 Å². The van der Waals surface area contributed by atoms with Crippen molar-refractivity contribution < 1.29 is 5.11 Å². The second-order valence-electron chi connectivity index (χ2n) is 3.57. The molecule has 92 valence electrons. The zero-order valence-electron chi connectivity index (χ0n) is 9.63. The summed E-state index contributed by atoms with van der Waals surface area (Å²) < 4.78 is 1.78. The molecule has 0 saturated heterocycles. The van der Waals surface area contributed by atoms with E-state index in [9.17, 15) is 0 Å². The Labute approximate surface area is 103 Å². The number of aromatic nitrogens is 4. The number of nitrogens with two attached hydrogens (primary N) is 1. The summed E-state index contributed by atoms with van der Waals surface area (Å²) in [7, 11) is 0. The summed E-state index contributed by atoms with van der Waals surface area (Å²) in [5.74, 6) is 1.22. The van der Waals surface area contributed by atoms with E-state index in [1.165, 1.54) is 0 Å². The van der Waals surface area contributed by atoms with Crippen LogP contribution in [0.5, 0.6) is 0 Å². The molecule has 0 aliphatic heterocycles. The molecule has 6 nitrogen and oxygen atoms in total. The predicted molar refractivity (Wildman–Crippen MR) is 67.8 cm³/mol. The van der Waals surface area contributed by atoms with Gasteiger partial charge in [-0.25, -0.2) is 9.97 Å². The van der Waals surface area contributed by atoms with E-state index in [2.05, 4.69) is 21.9 Å². The van der Waals surface area contributed by atoms with E-state index >= 15 is 0 Å². The Morgan fingerprint density at radius 2 is 2.29 bits per heavy atom. The third-order valence-electron chi connectivity index (χ3n) is 2.23. The fourth-order valence-electron chi connectivity index (χ4n) is 1.51. The van der Waals surface area contributed by atoms with Gasteiger partial charge in [0.2, 0.25) is 5.95 Å². The van der Waals surface area contributed by atoms with E-state index in [0.717, 1.165) is 22.7 Å². The minimum Gasteiger partial charge on any atom is -0.395 e. The maximum absolute atomic E-state index is 8.95. The number of hydrogen-bond donors (Lipinski definition) is 2. The minimum atomic E-state index is 0.0484. The standard InChI is InChI=1S/C10H15N5OS/c1-2-5-17-9-7-8(13-10(11)14-9)15(3-4-16)6-12-7/h6,16H,2-5H2,1H3,(H2,11,13,14). The largest absolute Gasteiger partial charge is 0.395 e. The Bertz CT molecular complexity index is 513. The molecule has 0 aliphatic carbocycles. The molecular formula is C10H15N5OS. The lowest BCUT2D eigenvalue weighted by Gasteiger charge is -2.03. The average Bonchev–Trinajstić information content (AvgIpc) is 2.70. The zero-order valence-corrected chi connectivity index (χ0v) is 10.4. The van der Waals surface area contributed by atoms with Crippen molar-refractivity contribution in [1.29, 1.82) is 0 Å². The monoisotopic (exact) mass is 253 g/mol. The summed E-state index contributed by atoms with van der Waals surface area (Å²) in [6.07, 6.45) is 2.72. The van der Waals surface area contributed by atoms with Crippen molar-refractivity contribution in [3.05, 3.63) is 6.33 Å². The number of nitrogen functional groups attached to an aromatic ring is 1. The Balaban J connectivity index is 2.45. The van der Waals surface area contributed by atoms with Crippen LogP contribution in [0.15, 0.2) is 11.4 Å². The Morgan fingerprint density at radius 3 is 3.00 bits per heavy atom. The van der Waals surface area contributed by atoms with Crippen molar-refractivity contribution in [2.24, 2.45) is 0 Å². The molecule has 2 rings (SSSR count). The first-order valence-electron chi connectivity index (χ1n) is 5.48. The molecule has 0 saturated carbocycles. The highest BCUT2D eigenvalue weighted by molar-refractivity contribution is 7.99. The number of nitrogens with zero attached hydrogens (tertiary/aromatic N) is 4. The zero-order chi connectivity index (χ0) is 12.3. The number of anilines is 1. The van der Waals surface area contributed by atoms with Crippen LogP contribution >= 0.6 is 11.8 Å². The highest BCUT2D eigenvalue weighted by Crippen LogP contribution is 2.25. The number of thioether (sulfide) groups is 1. The lowest BCUT2D eigenvalue weighted by atomic mass is 10.5. The van der Waals surface area contributed by atoms with Gasteiger partial charge in [-0.3, -0.25) is 0 Å². The predicted octanol–water partition coefficient (Wildman–Crippen LogP) is 0.903. The summed E-state index contributed by atoms with van der Waals surface area (Å²) in [5, 5.41) is 9.76. The topological polar surface area (TPSA) is 89.9 Å². The maximum Gasteiger partial charge on any atom is 0.223 e. The first-order chi connectivity index (χ1) is 8.26. The average molecular weight is 253 g/mol. The van der Waals surface area contributed by atoms with Gasteiger partial charge in [-0.05, 0) is 12.2 Å². The molecule has 3 N–H and O–H groups in total. The third kappa shape index (κ3) is 2.50. The number of rotatable bonds is 5. The number of imidazole rings is 1. The van der Waals surface area contributed by atoms with Crippen LogP contribution in [-0.4, -0.2) is 37.0 Å². The maximum atomic E-state index is 8.95. The second kappa shape index (κ2) is 5.33. The van der Waals surface area contributed by atoms with Gasteiger partial charge in [-0.2, -0.15) is 4.98 Å². The van der Waals surface area contributed by atoms with E-state index in [1.807, 2.05) is 0 Å². The molecule has 2 aromatic rings. The summed E-state index contributed by atoms with van der Waals surface area (Å²) in [5.41, 5.74) is 7.12. The van der Waals surface area contributed by atoms with Crippen molar-refractivity contribution in [3.8, 4) is 0 Å². The SMILES string of the molecule is CCCSc1nc(N)nc2c1ncn2CCO. The van der Waals surface area contributed by atoms with E-state index in [1.54, 1.807) is 22.7 Å². The Hall–Kier alpha value is -1.34. The van der Waals surface area contributed by atoms with Crippen molar-refractivity contribution in [3.63, 3.8) is 0 Å². The van der Waals surface area contributed by atoms with Gasteiger partial charge in [-0.15, -0.1) is 11.8 Å². The molecule has 0 aliphatic rings. The molecule has 7 heteroatoms. The normalized spacial score (nSPS) is 11.2.